The van der Waals surface area contributed by atoms with Crippen molar-refractivity contribution in [2.24, 2.45) is 5.41 Å². The highest BCUT2D eigenvalue weighted by Crippen LogP contribution is 2.52. The quantitative estimate of drug-likeness (QED) is 0.251. The van der Waals surface area contributed by atoms with E-state index in [-0.39, 0.29) is 36.1 Å². The lowest BCUT2D eigenvalue weighted by Gasteiger charge is -2.52. The van der Waals surface area contributed by atoms with E-state index in [1.165, 1.54) is 24.3 Å². The molecule has 0 bridgehead atoms. The van der Waals surface area contributed by atoms with E-state index in [0.29, 0.717) is 21.5 Å². The summed E-state index contributed by atoms with van der Waals surface area (Å²) in [5, 5.41) is 11.2. The summed E-state index contributed by atoms with van der Waals surface area (Å²) < 4.78 is 29.0. The number of nitrogens with zero attached hydrogens (tertiary/aromatic N) is 1. The molecule has 0 aliphatic carbocycles. The van der Waals surface area contributed by atoms with Gasteiger partial charge in [-0.3, -0.25) is 9.59 Å². The van der Waals surface area contributed by atoms with Crippen LogP contribution in [0.2, 0.25) is 15.1 Å². The predicted octanol–water partition coefficient (Wildman–Crippen LogP) is 6.94. The maximum Gasteiger partial charge on any atom is 0.304 e. The van der Waals surface area contributed by atoms with Gasteiger partial charge in [0.2, 0.25) is 15.9 Å². The van der Waals surface area contributed by atoms with Gasteiger partial charge in [-0.15, -0.1) is 0 Å². The number of carboxylic acid groups (broad SMARTS) is 1. The largest absolute Gasteiger partial charge is 0.481 e. The number of rotatable bonds is 10. The fourth-order valence-electron chi connectivity index (χ4n) is 5.62. The SMILES string of the molecule is CCC(CNS(=O)(=O)c1ccc(Cl)cc1)N1C(=O)C(C)(CC(=O)O)CC(c2cccc(Cl)c2)C1c1ccc(Cl)cc1. The lowest BCUT2D eigenvalue weighted by Crippen LogP contribution is -2.58. The molecule has 1 aliphatic rings. The molecule has 2 N–H and O–H groups in total. The first-order valence-corrected chi connectivity index (χ1v) is 15.8. The second kappa shape index (κ2) is 12.7. The number of carbonyl (C=O) groups is 2. The molecule has 0 radical (unpaired) electrons. The minimum atomic E-state index is -3.92. The molecule has 4 atom stereocenters. The Hall–Kier alpha value is -2.62. The molecule has 0 aromatic heterocycles. The van der Waals surface area contributed by atoms with Crippen LogP contribution in [0.25, 0.3) is 0 Å². The first-order valence-electron chi connectivity index (χ1n) is 13.2. The van der Waals surface area contributed by atoms with Crippen molar-refractivity contribution >= 4 is 56.7 Å². The van der Waals surface area contributed by atoms with Gasteiger partial charge >= 0.3 is 5.97 Å². The molecular formula is C30H31Cl3N2O5S. The standard InChI is InChI=1S/C30H31Cl3N2O5S/c1-3-24(18-34-41(39,40)25-13-11-22(32)12-14-25)35-28(19-7-9-21(31)10-8-19)26(20-5-4-6-23(33)15-20)16-30(2,29(35)38)17-27(36)37/h4-15,24,26,28,34H,3,16-18H2,1-2H3,(H,36,37). The van der Waals surface area contributed by atoms with Gasteiger partial charge < -0.3 is 10.0 Å². The van der Waals surface area contributed by atoms with Gasteiger partial charge in [-0.2, -0.15) is 0 Å². The lowest BCUT2D eigenvalue weighted by molar-refractivity contribution is -0.160. The van der Waals surface area contributed by atoms with E-state index in [1.54, 1.807) is 30.0 Å². The van der Waals surface area contributed by atoms with E-state index < -0.39 is 33.5 Å². The number of amides is 1. The monoisotopic (exact) mass is 636 g/mol. The number of nitrogens with one attached hydrogen (secondary N) is 1. The second-order valence-electron chi connectivity index (χ2n) is 10.6. The summed E-state index contributed by atoms with van der Waals surface area (Å²) in [7, 11) is -3.92. The molecule has 7 nitrogen and oxygen atoms in total. The third kappa shape index (κ3) is 7.07. The van der Waals surface area contributed by atoms with Gasteiger partial charge in [-0.25, -0.2) is 13.1 Å². The van der Waals surface area contributed by atoms with Crippen molar-refractivity contribution in [3.8, 4) is 0 Å². The van der Waals surface area contributed by atoms with E-state index >= 15 is 0 Å². The average molecular weight is 638 g/mol. The smallest absolute Gasteiger partial charge is 0.304 e. The van der Waals surface area contributed by atoms with Crippen LogP contribution in [0.15, 0.2) is 77.7 Å². The van der Waals surface area contributed by atoms with Gasteiger partial charge in [0.15, 0.2) is 0 Å². The Balaban J connectivity index is 1.81. The number of hydrogen-bond acceptors (Lipinski definition) is 4. The average Bonchev–Trinajstić information content (AvgIpc) is 2.91. The fourth-order valence-corrected chi connectivity index (χ4v) is 7.15. The molecule has 3 aromatic carbocycles. The Labute approximate surface area is 255 Å². The molecule has 11 heteroatoms. The van der Waals surface area contributed by atoms with Crippen molar-refractivity contribution in [2.45, 2.75) is 56.0 Å². The Morgan fingerprint density at radius 2 is 1.61 bits per heavy atom. The zero-order valence-corrected chi connectivity index (χ0v) is 25.6. The van der Waals surface area contributed by atoms with E-state index in [9.17, 15) is 23.1 Å². The Morgan fingerprint density at radius 3 is 2.17 bits per heavy atom. The minimum absolute atomic E-state index is 0.0449. The summed E-state index contributed by atoms with van der Waals surface area (Å²) >= 11 is 18.5. The van der Waals surface area contributed by atoms with Crippen molar-refractivity contribution in [2.75, 3.05) is 6.54 Å². The van der Waals surface area contributed by atoms with E-state index in [4.69, 9.17) is 34.8 Å². The molecule has 1 fully saturated rings. The molecule has 0 saturated carbocycles. The summed E-state index contributed by atoms with van der Waals surface area (Å²) in [4.78, 5) is 28.0. The van der Waals surface area contributed by atoms with Gasteiger partial charge in [0.05, 0.1) is 22.8 Å². The molecule has 1 heterocycles. The Kier molecular flexibility index (Phi) is 9.71. The molecule has 1 saturated heterocycles. The van der Waals surface area contributed by atoms with Crippen molar-refractivity contribution < 1.29 is 23.1 Å². The van der Waals surface area contributed by atoms with Crippen LogP contribution in [0.5, 0.6) is 0 Å². The van der Waals surface area contributed by atoms with Crippen LogP contribution in [0.3, 0.4) is 0 Å². The van der Waals surface area contributed by atoms with E-state index in [2.05, 4.69) is 4.72 Å². The number of aliphatic carboxylic acids is 1. The van der Waals surface area contributed by atoms with Gasteiger partial charge in [0, 0.05) is 33.6 Å². The Bertz CT molecular complexity index is 1520. The number of carboxylic acids is 1. The maximum absolute atomic E-state index is 14.3. The first kappa shape index (κ1) is 31.3. The molecule has 3 aromatic rings. The lowest BCUT2D eigenvalue weighted by atomic mass is 9.67. The highest BCUT2D eigenvalue weighted by atomic mass is 35.5. The van der Waals surface area contributed by atoms with Crippen molar-refractivity contribution in [1.82, 2.24) is 9.62 Å². The van der Waals surface area contributed by atoms with Crippen molar-refractivity contribution in [3.63, 3.8) is 0 Å². The molecule has 0 spiro atoms. The Morgan fingerprint density at radius 1 is 1.00 bits per heavy atom. The van der Waals surface area contributed by atoms with E-state index in [0.717, 1.165) is 11.1 Å². The highest BCUT2D eigenvalue weighted by molar-refractivity contribution is 7.89. The molecule has 4 unspecified atom stereocenters. The third-order valence-electron chi connectivity index (χ3n) is 7.63. The number of piperidine rings is 1. The summed E-state index contributed by atoms with van der Waals surface area (Å²) in [6, 6.07) is 19.2. The maximum atomic E-state index is 14.3. The third-order valence-corrected chi connectivity index (χ3v) is 9.81. The zero-order chi connectivity index (χ0) is 29.9. The van der Waals surface area contributed by atoms with Crippen LogP contribution < -0.4 is 4.72 Å². The summed E-state index contributed by atoms with van der Waals surface area (Å²) in [5.74, 6) is -1.78. The van der Waals surface area contributed by atoms with Crippen LogP contribution in [-0.2, 0) is 19.6 Å². The number of halogens is 3. The first-order chi connectivity index (χ1) is 19.3. The topological polar surface area (TPSA) is 104 Å². The van der Waals surface area contributed by atoms with Crippen LogP contribution in [0, 0.1) is 5.41 Å². The molecule has 1 amide bonds. The summed E-state index contributed by atoms with van der Waals surface area (Å²) in [6.45, 7) is 3.45. The van der Waals surface area contributed by atoms with Crippen LogP contribution >= 0.6 is 34.8 Å². The van der Waals surface area contributed by atoms with Crippen LogP contribution in [0.4, 0.5) is 0 Å². The van der Waals surface area contributed by atoms with Gasteiger partial charge in [0.25, 0.3) is 0 Å². The molecule has 1 aliphatic heterocycles. The van der Waals surface area contributed by atoms with E-state index in [1.807, 2.05) is 37.3 Å². The second-order valence-corrected chi connectivity index (χ2v) is 13.6. The number of sulfonamides is 1. The van der Waals surface area contributed by atoms with Crippen LogP contribution in [0.1, 0.15) is 56.2 Å². The summed E-state index contributed by atoms with van der Waals surface area (Å²) in [6.07, 6.45) is 0.291. The normalized spacial score (nSPS) is 22.0. The van der Waals surface area contributed by atoms with Gasteiger partial charge in [0.1, 0.15) is 0 Å². The molecule has 218 valence electrons. The van der Waals surface area contributed by atoms with Crippen molar-refractivity contribution in [3.05, 3.63) is 99.0 Å². The van der Waals surface area contributed by atoms with Gasteiger partial charge in [-0.1, -0.05) is 72.9 Å². The zero-order valence-electron chi connectivity index (χ0n) is 22.6. The van der Waals surface area contributed by atoms with Crippen molar-refractivity contribution in [1.29, 1.82) is 0 Å². The number of hydrogen-bond donors (Lipinski definition) is 2. The molecule has 41 heavy (non-hydrogen) atoms. The highest BCUT2D eigenvalue weighted by Gasteiger charge is 2.52. The summed E-state index contributed by atoms with van der Waals surface area (Å²) in [5.41, 5.74) is 0.400. The minimum Gasteiger partial charge on any atom is -0.481 e. The van der Waals surface area contributed by atoms with Crippen LogP contribution in [-0.4, -0.2) is 42.9 Å². The fraction of sp³-hybridized carbons (Fsp3) is 0.333. The van der Waals surface area contributed by atoms with Gasteiger partial charge in [-0.05, 0) is 72.5 Å². The molecular weight excluding hydrogens is 607 g/mol. The predicted molar refractivity (Wildman–Crippen MR) is 161 cm³/mol. The number of carbonyl (C=O) groups excluding carboxylic acids is 1. The number of benzene rings is 3. The molecule has 4 rings (SSSR count). The number of likely N-dealkylation sites (tertiary alicyclic amines) is 1.